The minimum absolute atomic E-state index is 0.462. The molecule has 0 aliphatic carbocycles. The van der Waals surface area contributed by atoms with Crippen LogP contribution < -0.4 is 11.1 Å². The molecule has 112 valence electrons. The molecule has 0 bridgehead atoms. The first-order valence-corrected chi connectivity index (χ1v) is 7.16. The highest BCUT2D eigenvalue weighted by Crippen LogP contribution is 2.13. The molecular weight excluding hydrogens is 262 g/mol. The maximum atomic E-state index is 5.90. The fourth-order valence-electron chi connectivity index (χ4n) is 2.09. The van der Waals surface area contributed by atoms with Crippen LogP contribution in [-0.4, -0.2) is 22.3 Å². The molecule has 0 aliphatic rings. The number of nitrogens with one attached hydrogen (secondary N) is 1. The molecule has 0 saturated carbocycles. The number of aliphatic imine (C=N–C) groups is 1. The third-order valence-corrected chi connectivity index (χ3v) is 3.44. The van der Waals surface area contributed by atoms with Crippen LogP contribution in [0.5, 0.6) is 0 Å². The third-order valence-electron chi connectivity index (χ3n) is 3.44. The van der Waals surface area contributed by atoms with Gasteiger partial charge in [-0.15, -0.1) is 0 Å². The van der Waals surface area contributed by atoms with E-state index in [2.05, 4.69) is 41.4 Å². The van der Waals surface area contributed by atoms with Gasteiger partial charge >= 0.3 is 0 Å². The van der Waals surface area contributed by atoms with Crippen LogP contribution in [0.15, 0.2) is 35.6 Å². The number of aryl methyl sites for hydroxylation is 4. The summed E-state index contributed by atoms with van der Waals surface area (Å²) in [5, 5.41) is 7.27. The van der Waals surface area contributed by atoms with Gasteiger partial charge in [0.15, 0.2) is 5.96 Å². The van der Waals surface area contributed by atoms with Crippen LogP contribution in [0.4, 0.5) is 5.69 Å². The van der Waals surface area contributed by atoms with Crippen LogP contribution in [0, 0.1) is 13.8 Å². The second-order valence-electron chi connectivity index (χ2n) is 5.32. The van der Waals surface area contributed by atoms with Crippen LogP contribution in [-0.2, 0) is 13.5 Å². The summed E-state index contributed by atoms with van der Waals surface area (Å²) in [7, 11) is 1.92. The van der Waals surface area contributed by atoms with Crippen molar-refractivity contribution in [2.45, 2.75) is 26.7 Å². The molecule has 0 saturated heterocycles. The molecule has 5 heteroatoms. The fraction of sp³-hybridized carbons (Fsp3) is 0.375. The minimum Gasteiger partial charge on any atom is -0.370 e. The quantitative estimate of drug-likeness (QED) is 0.503. The largest absolute Gasteiger partial charge is 0.370 e. The van der Waals surface area contributed by atoms with E-state index in [9.17, 15) is 0 Å². The highest BCUT2D eigenvalue weighted by molar-refractivity contribution is 5.92. The van der Waals surface area contributed by atoms with Gasteiger partial charge in [-0.05, 0) is 55.5 Å². The molecule has 0 fully saturated rings. The summed E-state index contributed by atoms with van der Waals surface area (Å²) >= 11 is 0. The van der Waals surface area contributed by atoms with Crippen molar-refractivity contribution in [3.63, 3.8) is 0 Å². The fourth-order valence-corrected chi connectivity index (χ4v) is 2.09. The summed E-state index contributed by atoms with van der Waals surface area (Å²) < 4.78 is 1.81. The maximum Gasteiger partial charge on any atom is 0.193 e. The van der Waals surface area contributed by atoms with Crippen molar-refractivity contribution in [1.82, 2.24) is 9.78 Å². The zero-order valence-corrected chi connectivity index (χ0v) is 12.9. The normalized spacial score (nSPS) is 11.7. The van der Waals surface area contributed by atoms with Crippen molar-refractivity contribution >= 4 is 11.6 Å². The molecule has 5 nitrogen and oxygen atoms in total. The Hall–Kier alpha value is -2.30. The van der Waals surface area contributed by atoms with Crippen LogP contribution in [0.3, 0.4) is 0 Å². The Morgan fingerprint density at radius 2 is 2.14 bits per heavy atom. The number of anilines is 1. The highest BCUT2D eigenvalue weighted by Gasteiger charge is 1.99. The van der Waals surface area contributed by atoms with E-state index in [0.717, 1.165) is 18.5 Å². The van der Waals surface area contributed by atoms with E-state index >= 15 is 0 Å². The SMILES string of the molecule is Cc1ccc(NC(N)=NCCCc2cnn(C)c2)cc1C. The first-order valence-electron chi connectivity index (χ1n) is 7.16. The van der Waals surface area contributed by atoms with Gasteiger partial charge in [-0.2, -0.15) is 5.10 Å². The molecule has 1 aromatic heterocycles. The molecule has 0 aliphatic heterocycles. The lowest BCUT2D eigenvalue weighted by Gasteiger charge is -2.08. The molecule has 1 heterocycles. The first-order chi connectivity index (χ1) is 10.0. The van der Waals surface area contributed by atoms with E-state index in [-0.39, 0.29) is 0 Å². The predicted molar refractivity (Wildman–Crippen MR) is 87.6 cm³/mol. The zero-order chi connectivity index (χ0) is 15.2. The van der Waals surface area contributed by atoms with Crippen molar-refractivity contribution in [3.05, 3.63) is 47.3 Å². The molecule has 3 N–H and O–H groups in total. The van der Waals surface area contributed by atoms with Gasteiger partial charge in [-0.3, -0.25) is 9.67 Å². The number of benzene rings is 1. The Bertz CT molecular complexity index is 627. The van der Waals surface area contributed by atoms with Crippen LogP contribution in [0.25, 0.3) is 0 Å². The number of hydrogen-bond acceptors (Lipinski definition) is 2. The second kappa shape index (κ2) is 6.92. The van der Waals surface area contributed by atoms with E-state index in [1.807, 2.05) is 30.2 Å². The predicted octanol–water partition coefficient (Wildman–Crippen LogP) is 2.40. The average Bonchev–Trinajstić information content (AvgIpc) is 2.85. The Kier molecular flexibility index (Phi) is 4.98. The van der Waals surface area contributed by atoms with Crippen molar-refractivity contribution in [3.8, 4) is 0 Å². The average molecular weight is 285 g/mol. The monoisotopic (exact) mass is 285 g/mol. The number of hydrogen-bond donors (Lipinski definition) is 2. The summed E-state index contributed by atoms with van der Waals surface area (Å²) in [5.41, 5.74) is 10.6. The molecule has 21 heavy (non-hydrogen) atoms. The molecule has 2 rings (SSSR count). The van der Waals surface area contributed by atoms with E-state index in [1.54, 1.807) is 0 Å². The summed E-state index contributed by atoms with van der Waals surface area (Å²) in [4.78, 5) is 4.35. The van der Waals surface area contributed by atoms with E-state index in [1.165, 1.54) is 16.7 Å². The summed E-state index contributed by atoms with van der Waals surface area (Å²) in [6.07, 6.45) is 5.84. The van der Waals surface area contributed by atoms with Crippen LogP contribution in [0.1, 0.15) is 23.1 Å². The Labute approximate surface area is 125 Å². The lowest BCUT2D eigenvalue weighted by atomic mass is 10.1. The molecule has 0 unspecified atom stereocenters. The Balaban J connectivity index is 1.79. The molecule has 0 radical (unpaired) electrons. The molecule has 2 aromatic rings. The van der Waals surface area contributed by atoms with E-state index in [4.69, 9.17) is 5.73 Å². The summed E-state index contributed by atoms with van der Waals surface area (Å²) in [6.45, 7) is 4.88. The van der Waals surface area contributed by atoms with Gasteiger partial charge in [0, 0.05) is 25.5 Å². The van der Waals surface area contributed by atoms with Crippen LogP contribution in [0.2, 0.25) is 0 Å². The zero-order valence-electron chi connectivity index (χ0n) is 12.9. The standard InChI is InChI=1S/C16H23N5/c1-12-6-7-15(9-13(12)2)20-16(17)18-8-4-5-14-10-19-21(3)11-14/h6-7,9-11H,4-5,8H2,1-3H3,(H3,17,18,20). The van der Waals surface area contributed by atoms with Crippen LogP contribution >= 0.6 is 0 Å². The summed E-state index contributed by atoms with van der Waals surface area (Å²) in [6, 6.07) is 6.17. The number of rotatable bonds is 5. The van der Waals surface area contributed by atoms with Crippen molar-refractivity contribution < 1.29 is 0 Å². The van der Waals surface area contributed by atoms with Crippen molar-refractivity contribution in [1.29, 1.82) is 0 Å². The smallest absolute Gasteiger partial charge is 0.193 e. The molecule has 0 amide bonds. The van der Waals surface area contributed by atoms with Gasteiger partial charge in [0.25, 0.3) is 0 Å². The highest BCUT2D eigenvalue weighted by atomic mass is 15.2. The Morgan fingerprint density at radius 1 is 1.33 bits per heavy atom. The summed E-state index contributed by atoms with van der Waals surface area (Å²) in [5.74, 6) is 0.462. The number of guanidine groups is 1. The Morgan fingerprint density at radius 3 is 2.81 bits per heavy atom. The topological polar surface area (TPSA) is 68.2 Å². The number of nitrogens with zero attached hydrogens (tertiary/aromatic N) is 3. The van der Waals surface area contributed by atoms with Gasteiger partial charge in [-0.1, -0.05) is 6.07 Å². The molecule has 0 atom stereocenters. The number of aromatic nitrogens is 2. The van der Waals surface area contributed by atoms with E-state index in [0.29, 0.717) is 12.5 Å². The molecule has 0 spiro atoms. The minimum atomic E-state index is 0.462. The van der Waals surface area contributed by atoms with Gasteiger partial charge in [0.1, 0.15) is 0 Å². The lowest BCUT2D eigenvalue weighted by Crippen LogP contribution is -2.23. The van der Waals surface area contributed by atoms with Gasteiger partial charge in [0.2, 0.25) is 0 Å². The van der Waals surface area contributed by atoms with Gasteiger partial charge in [-0.25, -0.2) is 0 Å². The number of nitrogens with two attached hydrogens (primary N) is 1. The third kappa shape index (κ3) is 4.63. The maximum absolute atomic E-state index is 5.90. The van der Waals surface area contributed by atoms with Gasteiger partial charge in [0.05, 0.1) is 6.20 Å². The first kappa shape index (κ1) is 15.1. The van der Waals surface area contributed by atoms with Crippen molar-refractivity contribution in [2.24, 2.45) is 17.8 Å². The lowest BCUT2D eigenvalue weighted by molar-refractivity contribution is 0.765. The second-order valence-corrected chi connectivity index (χ2v) is 5.32. The molecular formula is C16H23N5. The van der Waals surface area contributed by atoms with E-state index < -0.39 is 0 Å². The molecule has 1 aromatic carbocycles. The van der Waals surface area contributed by atoms with Gasteiger partial charge < -0.3 is 11.1 Å². The van der Waals surface area contributed by atoms with Crippen molar-refractivity contribution in [2.75, 3.05) is 11.9 Å².